The predicted octanol–water partition coefficient (Wildman–Crippen LogP) is 4.67. The van der Waals surface area contributed by atoms with Crippen LogP contribution < -0.4 is 5.73 Å². The Balaban J connectivity index is 2.02. The molecule has 0 amide bonds. The summed E-state index contributed by atoms with van der Waals surface area (Å²) >= 11 is 5.95. The molecule has 1 aromatic rings. The van der Waals surface area contributed by atoms with Gasteiger partial charge in [0.25, 0.3) is 0 Å². The number of rotatable bonds is 4. The summed E-state index contributed by atoms with van der Waals surface area (Å²) in [7, 11) is 0. The van der Waals surface area contributed by atoms with Crippen LogP contribution in [0.2, 0.25) is 5.02 Å². The molecule has 0 saturated heterocycles. The van der Waals surface area contributed by atoms with Crippen molar-refractivity contribution in [2.45, 2.75) is 46.0 Å². The van der Waals surface area contributed by atoms with E-state index >= 15 is 0 Å². The summed E-state index contributed by atoms with van der Waals surface area (Å²) < 4.78 is 0. The minimum absolute atomic E-state index is 0.319. The van der Waals surface area contributed by atoms with Crippen molar-refractivity contribution in [1.82, 2.24) is 0 Å². The molecule has 0 unspecified atom stereocenters. The minimum Gasteiger partial charge on any atom is -0.330 e. The molecular weight excluding hydrogens is 254 g/mol. The summed E-state index contributed by atoms with van der Waals surface area (Å²) in [4.78, 5) is 0. The van der Waals surface area contributed by atoms with Crippen LogP contribution in [0.3, 0.4) is 0 Å². The van der Waals surface area contributed by atoms with Gasteiger partial charge in [0, 0.05) is 5.02 Å². The van der Waals surface area contributed by atoms with Crippen LogP contribution in [0.25, 0.3) is 0 Å². The zero-order valence-electron chi connectivity index (χ0n) is 12.2. The second-order valence-corrected chi connectivity index (χ2v) is 7.03. The lowest BCUT2D eigenvalue weighted by molar-refractivity contribution is 0.132. The molecule has 2 rings (SSSR count). The molecule has 0 aliphatic heterocycles. The Hall–Kier alpha value is -0.530. The molecule has 0 aromatic heterocycles. The van der Waals surface area contributed by atoms with Crippen LogP contribution in [-0.4, -0.2) is 6.54 Å². The second kappa shape index (κ2) is 6.28. The van der Waals surface area contributed by atoms with Crippen molar-refractivity contribution in [2.75, 3.05) is 6.54 Å². The highest BCUT2D eigenvalue weighted by molar-refractivity contribution is 6.30. The first-order valence-electron chi connectivity index (χ1n) is 7.49. The van der Waals surface area contributed by atoms with Gasteiger partial charge in [0.2, 0.25) is 0 Å². The summed E-state index contributed by atoms with van der Waals surface area (Å²) in [6.45, 7) is 5.50. The molecule has 1 aromatic carbocycles. The lowest BCUT2D eigenvalue weighted by Crippen LogP contribution is -2.37. The Morgan fingerprint density at radius 1 is 1.21 bits per heavy atom. The third-order valence-electron chi connectivity index (χ3n) is 4.96. The van der Waals surface area contributed by atoms with Gasteiger partial charge in [-0.1, -0.05) is 37.6 Å². The van der Waals surface area contributed by atoms with Gasteiger partial charge in [-0.05, 0) is 73.6 Å². The van der Waals surface area contributed by atoms with E-state index in [4.69, 9.17) is 17.3 Å². The summed E-state index contributed by atoms with van der Waals surface area (Å²) in [6.07, 6.45) is 6.32. The fourth-order valence-electron chi connectivity index (χ4n) is 3.41. The molecule has 2 heteroatoms. The highest BCUT2D eigenvalue weighted by atomic mass is 35.5. The van der Waals surface area contributed by atoms with E-state index in [9.17, 15) is 0 Å². The molecule has 0 spiro atoms. The van der Waals surface area contributed by atoms with Gasteiger partial charge in [0.1, 0.15) is 0 Å². The first-order chi connectivity index (χ1) is 9.04. The topological polar surface area (TPSA) is 26.0 Å². The van der Waals surface area contributed by atoms with Gasteiger partial charge in [-0.2, -0.15) is 0 Å². The maximum atomic E-state index is 6.11. The van der Waals surface area contributed by atoms with Crippen LogP contribution in [-0.2, 0) is 6.42 Å². The van der Waals surface area contributed by atoms with Gasteiger partial charge in [-0.25, -0.2) is 0 Å². The lowest BCUT2D eigenvalue weighted by atomic mass is 9.65. The van der Waals surface area contributed by atoms with Gasteiger partial charge in [0.15, 0.2) is 0 Å². The van der Waals surface area contributed by atoms with E-state index in [1.807, 2.05) is 12.1 Å². The van der Waals surface area contributed by atoms with E-state index in [2.05, 4.69) is 26.0 Å². The molecule has 1 saturated carbocycles. The SMILES string of the molecule is CC(C)C1CCC(CN)(Cc2ccc(Cl)cc2)CC1. The van der Waals surface area contributed by atoms with Gasteiger partial charge >= 0.3 is 0 Å². The smallest absolute Gasteiger partial charge is 0.0406 e. The normalized spacial score (nSPS) is 27.7. The Morgan fingerprint density at radius 3 is 2.26 bits per heavy atom. The van der Waals surface area contributed by atoms with E-state index in [0.29, 0.717) is 5.41 Å². The lowest BCUT2D eigenvalue weighted by Gasteiger charge is -2.41. The third kappa shape index (κ3) is 3.73. The first-order valence-corrected chi connectivity index (χ1v) is 7.87. The highest BCUT2D eigenvalue weighted by Crippen LogP contribution is 2.43. The molecule has 106 valence electrons. The van der Waals surface area contributed by atoms with Gasteiger partial charge in [-0.3, -0.25) is 0 Å². The molecule has 19 heavy (non-hydrogen) atoms. The Bertz CT molecular complexity index is 388. The van der Waals surface area contributed by atoms with Crippen LogP contribution >= 0.6 is 11.6 Å². The second-order valence-electron chi connectivity index (χ2n) is 6.59. The summed E-state index contributed by atoms with van der Waals surface area (Å²) in [5, 5.41) is 0.814. The Labute approximate surface area is 122 Å². The summed E-state index contributed by atoms with van der Waals surface area (Å²) in [6, 6.07) is 8.27. The van der Waals surface area contributed by atoms with Crippen molar-refractivity contribution in [1.29, 1.82) is 0 Å². The van der Waals surface area contributed by atoms with Gasteiger partial charge in [0.05, 0.1) is 0 Å². The van der Waals surface area contributed by atoms with E-state index in [0.717, 1.165) is 29.8 Å². The largest absolute Gasteiger partial charge is 0.330 e. The van der Waals surface area contributed by atoms with Gasteiger partial charge in [-0.15, -0.1) is 0 Å². The molecule has 1 aliphatic rings. The Morgan fingerprint density at radius 2 is 1.79 bits per heavy atom. The van der Waals surface area contributed by atoms with Gasteiger partial charge < -0.3 is 5.73 Å². The number of benzene rings is 1. The fourth-order valence-corrected chi connectivity index (χ4v) is 3.53. The van der Waals surface area contributed by atoms with E-state index in [1.165, 1.54) is 31.2 Å². The first kappa shape index (κ1) is 14.9. The summed E-state index contributed by atoms with van der Waals surface area (Å²) in [5.74, 6) is 1.70. The van der Waals surface area contributed by atoms with Crippen molar-refractivity contribution >= 4 is 11.6 Å². The van der Waals surface area contributed by atoms with Crippen LogP contribution in [0.4, 0.5) is 0 Å². The molecule has 0 bridgehead atoms. The molecular formula is C17H26ClN. The molecule has 2 N–H and O–H groups in total. The van der Waals surface area contributed by atoms with Crippen LogP contribution in [0, 0.1) is 17.3 Å². The zero-order chi connectivity index (χ0) is 13.9. The monoisotopic (exact) mass is 279 g/mol. The highest BCUT2D eigenvalue weighted by Gasteiger charge is 2.34. The molecule has 1 nitrogen and oxygen atoms in total. The zero-order valence-corrected chi connectivity index (χ0v) is 12.9. The van der Waals surface area contributed by atoms with Crippen LogP contribution in [0.1, 0.15) is 45.1 Å². The quantitative estimate of drug-likeness (QED) is 0.851. The fraction of sp³-hybridized carbons (Fsp3) is 0.647. The predicted molar refractivity (Wildman–Crippen MR) is 83.4 cm³/mol. The molecule has 0 atom stereocenters. The number of nitrogens with two attached hydrogens (primary N) is 1. The third-order valence-corrected chi connectivity index (χ3v) is 5.21. The maximum absolute atomic E-state index is 6.11. The van der Waals surface area contributed by atoms with Crippen LogP contribution in [0.15, 0.2) is 24.3 Å². The van der Waals surface area contributed by atoms with Crippen molar-refractivity contribution < 1.29 is 0 Å². The Kier molecular flexibility index (Phi) is 4.92. The summed E-state index contributed by atoms with van der Waals surface area (Å²) in [5.41, 5.74) is 7.80. The maximum Gasteiger partial charge on any atom is 0.0406 e. The molecule has 1 aliphatic carbocycles. The molecule has 0 radical (unpaired) electrons. The minimum atomic E-state index is 0.319. The van der Waals surface area contributed by atoms with E-state index in [1.54, 1.807) is 0 Å². The van der Waals surface area contributed by atoms with Crippen molar-refractivity contribution in [2.24, 2.45) is 23.0 Å². The average Bonchev–Trinajstić information content (AvgIpc) is 2.42. The van der Waals surface area contributed by atoms with Crippen LogP contribution in [0.5, 0.6) is 0 Å². The van der Waals surface area contributed by atoms with E-state index < -0.39 is 0 Å². The van der Waals surface area contributed by atoms with Crippen molar-refractivity contribution in [3.8, 4) is 0 Å². The number of hydrogen-bond acceptors (Lipinski definition) is 1. The van der Waals surface area contributed by atoms with E-state index in [-0.39, 0.29) is 0 Å². The number of hydrogen-bond donors (Lipinski definition) is 1. The molecule has 1 fully saturated rings. The van der Waals surface area contributed by atoms with Crippen molar-refractivity contribution in [3.05, 3.63) is 34.9 Å². The molecule has 0 heterocycles. The number of halogens is 1. The average molecular weight is 280 g/mol. The van der Waals surface area contributed by atoms with Crippen molar-refractivity contribution in [3.63, 3.8) is 0 Å². The standard InChI is InChI=1S/C17H26ClN/c1-13(2)15-7-9-17(12-19,10-8-15)11-14-3-5-16(18)6-4-14/h3-6,13,15H,7-12,19H2,1-2H3.